The minimum atomic E-state index is -0.285. The van der Waals surface area contributed by atoms with Gasteiger partial charge in [0.05, 0.1) is 0 Å². The van der Waals surface area contributed by atoms with Gasteiger partial charge in [0.1, 0.15) is 6.10 Å². The molecule has 0 aromatic heterocycles. The fourth-order valence-corrected chi connectivity index (χ4v) is 2.05. The number of rotatable bonds is 4. The summed E-state index contributed by atoms with van der Waals surface area (Å²) in [7, 11) is 0. The summed E-state index contributed by atoms with van der Waals surface area (Å²) in [5, 5.41) is 0. The van der Waals surface area contributed by atoms with E-state index in [0.717, 1.165) is 19.5 Å². The van der Waals surface area contributed by atoms with E-state index < -0.39 is 0 Å². The van der Waals surface area contributed by atoms with Crippen molar-refractivity contribution >= 4 is 5.91 Å². The number of hydrogen-bond acceptors (Lipinski definition) is 2. The molecule has 3 nitrogen and oxygen atoms in total. The first-order chi connectivity index (χ1) is 7.50. The third-order valence-electron chi connectivity index (χ3n) is 3.00. The van der Waals surface area contributed by atoms with E-state index in [2.05, 4.69) is 20.8 Å². The molecule has 0 radical (unpaired) electrons. The van der Waals surface area contributed by atoms with Crippen LogP contribution < -0.4 is 0 Å². The zero-order valence-corrected chi connectivity index (χ0v) is 11.0. The third-order valence-corrected chi connectivity index (χ3v) is 3.00. The highest BCUT2D eigenvalue weighted by molar-refractivity contribution is 5.80. The van der Waals surface area contributed by atoms with Crippen molar-refractivity contribution in [2.45, 2.75) is 46.6 Å². The fourth-order valence-electron chi connectivity index (χ4n) is 2.05. The summed E-state index contributed by atoms with van der Waals surface area (Å²) in [5.74, 6) is 1.28. The van der Waals surface area contributed by atoms with E-state index in [1.54, 1.807) is 0 Å². The minimum absolute atomic E-state index is 0.159. The molecular formula is C13H25NO2. The zero-order chi connectivity index (χ0) is 12.1. The van der Waals surface area contributed by atoms with Crippen molar-refractivity contribution in [3.05, 3.63) is 0 Å². The Morgan fingerprint density at radius 2 is 2.12 bits per heavy atom. The maximum Gasteiger partial charge on any atom is 0.251 e. The number of ether oxygens (including phenoxy) is 1. The molecule has 1 aliphatic rings. The van der Waals surface area contributed by atoms with Gasteiger partial charge in [-0.3, -0.25) is 4.79 Å². The monoisotopic (exact) mass is 227 g/mol. The number of piperidine rings is 1. The quantitative estimate of drug-likeness (QED) is 0.737. The number of amides is 1. The first-order valence-electron chi connectivity index (χ1n) is 6.41. The van der Waals surface area contributed by atoms with Gasteiger partial charge in [0, 0.05) is 19.7 Å². The summed E-state index contributed by atoms with van der Waals surface area (Å²) < 4.78 is 5.56. The fraction of sp³-hybridized carbons (Fsp3) is 0.923. The molecule has 0 saturated carbocycles. The molecule has 1 amide bonds. The van der Waals surface area contributed by atoms with Crippen molar-refractivity contribution in [1.29, 1.82) is 0 Å². The van der Waals surface area contributed by atoms with Crippen molar-refractivity contribution in [2.24, 2.45) is 11.8 Å². The Balaban J connectivity index is 2.37. The molecule has 0 N–H and O–H groups in total. The summed E-state index contributed by atoms with van der Waals surface area (Å²) in [6, 6.07) is 0. The van der Waals surface area contributed by atoms with Crippen molar-refractivity contribution in [3.63, 3.8) is 0 Å². The van der Waals surface area contributed by atoms with E-state index in [-0.39, 0.29) is 12.0 Å². The van der Waals surface area contributed by atoms with Crippen molar-refractivity contribution in [2.75, 3.05) is 19.7 Å². The van der Waals surface area contributed by atoms with Crippen LogP contribution in [0.5, 0.6) is 0 Å². The predicted molar refractivity (Wildman–Crippen MR) is 65.2 cm³/mol. The van der Waals surface area contributed by atoms with Crippen LogP contribution in [-0.2, 0) is 9.53 Å². The third kappa shape index (κ3) is 4.12. The minimum Gasteiger partial charge on any atom is -0.368 e. The molecule has 1 fully saturated rings. The van der Waals surface area contributed by atoms with Crippen LogP contribution in [0.3, 0.4) is 0 Å². The topological polar surface area (TPSA) is 29.5 Å². The van der Waals surface area contributed by atoms with Crippen LogP contribution in [0, 0.1) is 11.8 Å². The van der Waals surface area contributed by atoms with E-state index in [1.807, 2.05) is 11.8 Å². The highest BCUT2D eigenvalue weighted by Crippen LogP contribution is 2.16. The van der Waals surface area contributed by atoms with Gasteiger partial charge in [0.15, 0.2) is 0 Å². The smallest absolute Gasteiger partial charge is 0.251 e. The van der Waals surface area contributed by atoms with Crippen LogP contribution in [0.4, 0.5) is 0 Å². The Kier molecular flexibility index (Phi) is 5.26. The Labute approximate surface area is 99.1 Å². The Morgan fingerprint density at radius 3 is 2.69 bits per heavy atom. The number of carbonyl (C=O) groups is 1. The average molecular weight is 227 g/mol. The van der Waals surface area contributed by atoms with Crippen LogP contribution in [0.1, 0.15) is 40.5 Å². The molecule has 0 unspecified atom stereocenters. The molecule has 0 aromatic rings. The van der Waals surface area contributed by atoms with Gasteiger partial charge in [-0.1, -0.05) is 20.8 Å². The van der Waals surface area contributed by atoms with Crippen molar-refractivity contribution in [3.8, 4) is 0 Å². The van der Waals surface area contributed by atoms with Crippen LogP contribution in [0.2, 0.25) is 0 Å². The van der Waals surface area contributed by atoms with Gasteiger partial charge in [-0.15, -0.1) is 0 Å². The SMILES string of the molecule is CC(C)CO[C@H](C)C(=O)N1CCC[C@@H](C)C1. The lowest BCUT2D eigenvalue weighted by molar-refractivity contribution is -0.145. The van der Waals surface area contributed by atoms with Gasteiger partial charge in [-0.05, 0) is 31.6 Å². The average Bonchev–Trinajstić information content (AvgIpc) is 2.24. The highest BCUT2D eigenvalue weighted by atomic mass is 16.5. The maximum absolute atomic E-state index is 12.1. The number of carbonyl (C=O) groups excluding carboxylic acids is 1. The molecule has 1 rings (SSSR count). The van der Waals surface area contributed by atoms with E-state index in [9.17, 15) is 4.79 Å². The molecule has 0 spiro atoms. The lowest BCUT2D eigenvalue weighted by Crippen LogP contribution is -2.44. The Morgan fingerprint density at radius 1 is 1.44 bits per heavy atom. The Bertz CT molecular complexity index is 228. The summed E-state index contributed by atoms with van der Waals surface area (Å²) >= 11 is 0. The van der Waals surface area contributed by atoms with Gasteiger partial charge in [-0.25, -0.2) is 0 Å². The number of likely N-dealkylation sites (tertiary alicyclic amines) is 1. The standard InChI is InChI=1S/C13H25NO2/c1-10(2)9-16-12(4)13(15)14-7-5-6-11(3)8-14/h10-12H,5-9H2,1-4H3/t11-,12-/m1/s1. The molecule has 0 bridgehead atoms. The van der Waals surface area contributed by atoms with Crippen LogP contribution in [-0.4, -0.2) is 36.6 Å². The lowest BCUT2D eigenvalue weighted by atomic mass is 10.00. The molecule has 2 atom stereocenters. The van der Waals surface area contributed by atoms with Crippen LogP contribution >= 0.6 is 0 Å². The number of hydrogen-bond donors (Lipinski definition) is 0. The molecule has 0 aliphatic carbocycles. The lowest BCUT2D eigenvalue weighted by Gasteiger charge is -2.32. The van der Waals surface area contributed by atoms with Gasteiger partial charge in [0.25, 0.3) is 5.91 Å². The molecule has 0 aromatic carbocycles. The Hall–Kier alpha value is -0.570. The first-order valence-corrected chi connectivity index (χ1v) is 6.41. The van der Waals surface area contributed by atoms with Crippen LogP contribution in [0.15, 0.2) is 0 Å². The van der Waals surface area contributed by atoms with Crippen molar-refractivity contribution < 1.29 is 9.53 Å². The summed E-state index contributed by atoms with van der Waals surface area (Å²) in [5.41, 5.74) is 0. The second kappa shape index (κ2) is 6.24. The molecular weight excluding hydrogens is 202 g/mol. The van der Waals surface area contributed by atoms with Gasteiger partial charge < -0.3 is 9.64 Å². The van der Waals surface area contributed by atoms with E-state index in [0.29, 0.717) is 18.4 Å². The first kappa shape index (κ1) is 13.5. The largest absolute Gasteiger partial charge is 0.368 e. The number of nitrogens with zero attached hydrogens (tertiary/aromatic N) is 1. The molecule has 94 valence electrons. The van der Waals surface area contributed by atoms with E-state index >= 15 is 0 Å². The molecule has 1 aliphatic heterocycles. The molecule has 3 heteroatoms. The summed E-state index contributed by atoms with van der Waals surface area (Å²) in [6.45, 7) is 10.7. The predicted octanol–water partition coefficient (Wildman–Crippen LogP) is 2.31. The summed E-state index contributed by atoms with van der Waals surface area (Å²) in [4.78, 5) is 14.0. The van der Waals surface area contributed by atoms with E-state index in [1.165, 1.54) is 6.42 Å². The zero-order valence-electron chi connectivity index (χ0n) is 11.0. The van der Waals surface area contributed by atoms with Gasteiger partial charge in [-0.2, -0.15) is 0 Å². The van der Waals surface area contributed by atoms with Crippen LogP contribution in [0.25, 0.3) is 0 Å². The van der Waals surface area contributed by atoms with Crippen molar-refractivity contribution in [1.82, 2.24) is 4.90 Å². The maximum atomic E-state index is 12.1. The molecule has 16 heavy (non-hydrogen) atoms. The highest BCUT2D eigenvalue weighted by Gasteiger charge is 2.25. The molecule has 1 heterocycles. The summed E-state index contributed by atoms with van der Waals surface area (Å²) in [6.07, 6.45) is 2.09. The van der Waals surface area contributed by atoms with Gasteiger partial charge in [0.2, 0.25) is 0 Å². The molecule has 1 saturated heterocycles. The second-order valence-electron chi connectivity index (χ2n) is 5.40. The van der Waals surface area contributed by atoms with E-state index in [4.69, 9.17) is 4.74 Å². The normalized spacial score (nSPS) is 23.6. The van der Waals surface area contributed by atoms with Gasteiger partial charge >= 0.3 is 0 Å². The second-order valence-corrected chi connectivity index (χ2v) is 5.40.